The molecule has 0 unspecified atom stereocenters. The van der Waals surface area contributed by atoms with Crippen molar-refractivity contribution >= 4 is 48.6 Å². The molecular weight excluding hydrogens is 659 g/mol. The Kier molecular flexibility index (Phi) is 7.42. The molecular formula is C51H37NS. The van der Waals surface area contributed by atoms with E-state index in [2.05, 4.69) is 207 Å². The van der Waals surface area contributed by atoms with Crippen LogP contribution in [0, 0.1) is 0 Å². The van der Waals surface area contributed by atoms with Crippen LogP contribution in [0.2, 0.25) is 0 Å². The van der Waals surface area contributed by atoms with Gasteiger partial charge in [-0.2, -0.15) is 0 Å². The van der Waals surface area contributed by atoms with Crippen LogP contribution < -0.4 is 4.90 Å². The maximum atomic E-state index is 2.47. The van der Waals surface area contributed by atoms with Gasteiger partial charge in [-0.05, 0) is 92.5 Å². The van der Waals surface area contributed by atoms with Crippen molar-refractivity contribution < 1.29 is 0 Å². The van der Waals surface area contributed by atoms with Gasteiger partial charge in [0.25, 0.3) is 0 Å². The Hall–Kier alpha value is -6.22. The second kappa shape index (κ2) is 12.5. The Labute approximate surface area is 315 Å². The van der Waals surface area contributed by atoms with E-state index < -0.39 is 0 Å². The molecule has 1 heterocycles. The van der Waals surface area contributed by atoms with Crippen LogP contribution >= 0.6 is 11.3 Å². The van der Waals surface area contributed by atoms with E-state index in [9.17, 15) is 0 Å². The zero-order valence-electron chi connectivity index (χ0n) is 29.8. The minimum Gasteiger partial charge on any atom is -0.310 e. The first-order valence-corrected chi connectivity index (χ1v) is 19.2. The molecule has 0 bridgehead atoms. The summed E-state index contributed by atoms with van der Waals surface area (Å²) >= 11 is 1.87. The molecule has 252 valence electrons. The fraction of sp³-hybridized carbons (Fsp3) is 0.0588. The summed E-state index contributed by atoms with van der Waals surface area (Å²) in [6.07, 6.45) is 0. The summed E-state index contributed by atoms with van der Waals surface area (Å²) in [5.41, 5.74) is 16.0. The summed E-state index contributed by atoms with van der Waals surface area (Å²) < 4.78 is 2.61. The number of thiophene rings is 1. The summed E-state index contributed by atoms with van der Waals surface area (Å²) in [7, 11) is 0. The van der Waals surface area contributed by atoms with E-state index in [0.717, 1.165) is 17.1 Å². The van der Waals surface area contributed by atoms with Gasteiger partial charge >= 0.3 is 0 Å². The normalized spacial score (nSPS) is 12.9. The second-order valence-corrected chi connectivity index (χ2v) is 15.6. The highest BCUT2D eigenvalue weighted by Gasteiger charge is 2.36. The van der Waals surface area contributed by atoms with Crippen LogP contribution in [-0.2, 0) is 5.41 Å². The molecule has 0 aliphatic heterocycles. The number of fused-ring (bicyclic) bond motifs is 6. The van der Waals surface area contributed by atoms with Crippen molar-refractivity contribution in [2.24, 2.45) is 0 Å². The quantitative estimate of drug-likeness (QED) is 0.167. The molecule has 1 aliphatic rings. The van der Waals surface area contributed by atoms with E-state index in [1.165, 1.54) is 75.8 Å². The minimum absolute atomic E-state index is 0.115. The average Bonchev–Trinajstić information content (AvgIpc) is 3.70. The number of anilines is 3. The number of para-hydroxylation sites is 1. The monoisotopic (exact) mass is 695 g/mol. The highest BCUT2D eigenvalue weighted by molar-refractivity contribution is 7.25. The molecule has 53 heavy (non-hydrogen) atoms. The lowest BCUT2D eigenvalue weighted by Crippen LogP contribution is -2.17. The Bertz CT molecular complexity index is 2810. The zero-order chi connectivity index (χ0) is 35.5. The molecule has 1 aliphatic carbocycles. The molecule has 1 aromatic heterocycles. The van der Waals surface area contributed by atoms with E-state index in [4.69, 9.17) is 0 Å². The van der Waals surface area contributed by atoms with E-state index in [-0.39, 0.29) is 5.41 Å². The molecule has 10 rings (SSSR count). The number of rotatable bonds is 6. The molecule has 1 nitrogen and oxygen atoms in total. The van der Waals surface area contributed by atoms with Gasteiger partial charge in [-0.25, -0.2) is 0 Å². The standard InChI is InChI=1S/C51H37NS/c1-51(2)45-25-13-11-22-40(45)41-31-29-37(33-46(41)51)52(36-18-7-4-8-19-36)47-26-15-24-44(39-21-10-9-20-38(39)34-16-5-3-6-17-34)50(47)35-28-30-43-42-23-12-14-27-48(42)53-49(43)32-35/h3-33H,1-2H3. The van der Waals surface area contributed by atoms with Crippen molar-refractivity contribution in [3.63, 3.8) is 0 Å². The van der Waals surface area contributed by atoms with Gasteiger partial charge in [0.05, 0.1) is 5.69 Å². The van der Waals surface area contributed by atoms with Crippen molar-refractivity contribution in [1.82, 2.24) is 0 Å². The third kappa shape index (κ3) is 5.13. The summed E-state index contributed by atoms with van der Waals surface area (Å²) in [5, 5.41) is 2.62. The van der Waals surface area contributed by atoms with Gasteiger partial charge in [0.2, 0.25) is 0 Å². The summed E-state index contributed by atoms with van der Waals surface area (Å²) in [5.74, 6) is 0. The minimum atomic E-state index is -0.115. The Morgan fingerprint density at radius 2 is 1.04 bits per heavy atom. The van der Waals surface area contributed by atoms with E-state index in [1.807, 2.05) is 11.3 Å². The van der Waals surface area contributed by atoms with Gasteiger partial charge in [-0.15, -0.1) is 11.3 Å². The Balaban J connectivity index is 1.26. The van der Waals surface area contributed by atoms with Crippen molar-refractivity contribution in [3.8, 4) is 44.5 Å². The van der Waals surface area contributed by atoms with E-state index >= 15 is 0 Å². The van der Waals surface area contributed by atoms with Gasteiger partial charge in [-0.3, -0.25) is 0 Å². The van der Waals surface area contributed by atoms with Crippen molar-refractivity contribution in [3.05, 3.63) is 199 Å². The molecule has 0 N–H and O–H groups in total. The maximum absolute atomic E-state index is 2.47. The van der Waals surface area contributed by atoms with Crippen LogP contribution in [0.25, 0.3) is 64.7 Å². The summed E-state index contributed by atoms with van der Waals surface area (Å²) in [6, 6.07) is 69.2. The topological polar surface area (TPSA) is 3.24 Å². The van der Waals surface area contributed by atoms with Crippen LogP contribution in [0.4, 0.5) is 17.1 Å². The lowest BCUT2D eigenvalue weighted by molar-refractivity contribution is 0.660. The first-order valence-electron chi connectivity index (χ1n) is 18.4. The molecule has 9 aromatic rings. The maximum Gasteiger partial charge on any atom is 0.0546 e. The van der Waals surface area contributed by atoms with E-state index in [0.29, 0.717) is 0 Å². The molecule has 0 fully saturated rings. The van der Waals surface area contributed by atoms with Crippen molar-refractivity contribution in [2.45, 2.75) is 19.3 Å². The molecule has 0 amide bonds. The van der Waals surface area contributed by atoms with Gasteiger partial charge in [0.1, 0.15) is 0 Å². The lowest BCUT2D eigenvalue weighted by atomic mass is 9.82. The SMILES string of the molecule is CC1(C)c2ccccc2-c2ccc(N(c3ccccc3)c3cccc(-c4ccccc4-c4ccccc4)c3-c3ccc4c(c3)sc3ccccc34)cc21. The predicted octanol–water partition coefficient (Wildman–Crippen LogP) is 14.8. The number of benzene rings is 8. The van der Waals surface area contributed by atoms with Gasteiger partial charge in [-0.1, -0.05) is 159 Å². The van der Waals surface area contributed by atoms with Crippen molar-refractivity contribution in [1.29, 1.82) is 0 Å². The number of hydrogen-bond donors (Lipinski definition) is 0. The fourth-order valence-corrected chi connectivity index (χ4v) is 9.70. The highest BCUT2D eigenvalue weighted by Crippen LogP contribution is 2.52. The van der Waals surface area contributed by atoms with Crippen LogP contribution in [0.15, 0.2) is 188 Å². The molecule has 8 aromatic carbocycles. The molecule has 0 spiro atoms. The number of hydrogen-bond acceptors (Lipinski definition) is 2. The highest BCUT2D eigenvalue weighted by atomic mass is 32.1. The predicted molar refractivity (Wildman–Crippen MR) is 228 cm³/mol. The zero-order valence-corrected chi connectivity index (χ0v) is 30.6. The molecule has 0 atom stereocenters. The largest absolute Gasteiger partial charge is 0.310 e. The fourth-order valence-electron chi connectivity index (χ4n) is 8.56. The average molecular weight is 696 g/mol. The van der Waals surface area contributed by atoms with Gasteiger partial charge < -0.3 is 4.90 Å². The smallest absolute Gasteiger partial charge is 0.0546 e. The first kappa shape index (κ1) is 31.5. The molecule has 0 saturated carbocycles. The number of nitrogens with zero attached hydrogens (tertiary/aromatic N) is 1. The third-order valence-corrected chi connectivity index (χ3v) is 12.2. The summed E-state index contributed by atoms with van der Waals surface area (Å²) in [4.78, 5) is 2.47. The third-order valence-electron chi connectivity index (χ3n) is 11.1. The lowest BCUT2D eigenvalue weighted by Gasteiger charge is -2.31. The van der Waals surface area contributed by atoms with Crippen LogP contribution in [0.1, 0.15) is 25.0 Å². The van der Waals surface area contributed by atoms with Crippen LogP contribution in [0.5, 0.6) is 0 Å². The van der Waals surface area contributed by atoms with Gasteiger partial charge in [0, 0.05) is 42.5 Å². The Morgan fingerprint density at radius 1 is 0.396 bits per heavy atom. The van der Waals surface area contributed by atoms with Crippen LogP contribution in [0.3, 0.4) is 0 Å². The van der Waals surface area contributed by atoms with Crippen LogP contribution in [-0.4, -0.2) is 0 Å². The molecule has 0 radical (unpaired) electrons. The summed E-state index contributed by atoms with van der Waals surface area (Å²) in [6.45, 7) is 4.72. The molecule has 0 saturated heterocycles. The van der Waals surface area contributed by atoms with Gasteiger partial charge in [0.15, 0.2) is 0 Å². The molecule has 2 heteroatoms. The second-order valence-electron chi connectivity index (χ2n) is 14.5. The van der Waals surface area contributed by atoms with E-state index in [1.54, 1.807) is 0 Å². The first-order chi connectivity index (χ1) is 26.1. The Morgan fingerprint density at radius 3 is 1.87 bits per heavy atom. The van der Waals surface area contributed by atoms with Crippen molar-refractivity contribution in [2.75, 3.05) is 4.90 Å².